The molecular formula is C12H15FN2O3S. The van der Waals surface area contributed by atoms with Crippen molar-refractivity contribution in [2.45, 2.75) is 24.6 Å². The van der Waals surface area contributed by atoms with E-state index in [9.17, 15) is 17.6 Å². The summed E-state index contributed by atoms with van der Waals surface area (Å²) in [5, 5.41) is 0. The van der Waals surface area contributed by atoms with E-state index in [0.717, 1.165) is 4.31 Å². The summed E-state index contributed by atoms with van der Waals surface area (Å²) >= 11 is 0. The van der Waals surface area contributed by atoms with Gasteiger partial charge in [0.25, 0.3) is 0 Å². The Morgan fingerprint density at radius 2 is 2.00 bits per heavy atom. The van der Waals surface area contributed by atoms with E-state index in [1.807, 2.05) is 0 Å². The van der Waals surface area contributed by atoms with Crippen molar-refractivity contribution in [3.05, 3.63) is 35.6 Å². The Labute approximate surface area is 111 Å². The summed E-state index contributed by atoms with van der Waals surface area (Å²) in [6, 6.07) is 4.50. The molecule has 0 spiro atoms. The van der Waals surface area contributed by atoms with E-state index in [-0.39, 0.29) is 5.75 Å². The second-order valence-corrected chi connectivity index (χ2v) is 6.48. The van der Waals surface area contributed by atoms with Crippen LogP contribution in [0.25, 0.3) is 0 Å². The number of rotatable bonds is 4. The second-order valence-electron chi connectivity index (χ2n) is 4.55. The first-order valence-corrected chi connectivity index (χ1v) is 7.54. The molecule has 1 aliphatic rings. The fourth-order valence-corrected chi connectivity index (χ4v) is 4.02. The summed E-state index contributed by atoms with van der Waals surface area (Å²) < 4.78 is 38.4. The summed E-state index contributed by atoms with van der Waals surface area (Å²) in [5.41, 5.74) is 5.69. The molecule has 1 unspecified atom stereocenters. The van der Waals surface area contributed by atoms with E-state index in [1.165, 1.54) is 24.3 Å². The predicted octanol–water partition coefficient (Wildman–Crippen LogP) is 0.605. The van der Waals surface area contributed by atoms with E-state index in [1.54, 1.807) is 0 Å². The lowest BCUT2D eigenvalue weighted by Gasteiger charge is -2.21. The number of nitrogens with zero attached hydrogens (tertiary/aromatic N) is 1. The highest BCUT2D eigenvalue weighted by Gasteiger charge is 2.37. The number of amides is 1. The van der Waals surface area contributed by atoms with Crippen LogP contribution in [0.15, 0.2) is 24.3 Å². The van der Waals surface area contributed by atoms with Crippen LogP contribution in [0.2, 0.25) is 0 Å². The minimum absolute atomic E-state index is 0.253. The van der Waals surface area contributed by atoms with Crippen LogP contribution in [0.5, 0.6) is 0 Å². The van der Waals surface area contributed by atoms with Crippen LogP contribution in [0.4, 0.5) is 4.39 Å². The fraction of sp³-hybridized carbons (Fsp3) is 0.417. The molecule has 0 aliphatic carbocycles. The normalized spacial score (nSPS) is 20.6. The number of sulfonamides is 1. The van der Waals surface area contributed by atoms with Gasteiger partial charge in [-0.15, -0.1) is 0 Å². The Bertz CT molecular complexity index is 571. The highest BCUT2D eigenvalue weighted by Crippen LogP contribution is 2.23. The van der Waals surface area contributed by atoms with Gasteiger partial charge >= 0.3 is 0 Å². The van der Waals surface area contributed by atoms with Crippen LogP contribution in [-0.2, 0) is 20.6 Å². The first-order valence-electron chi connectivity index (χ1n) is 5.93. The highest BCUT2D eigenvalue weighted by atomic mass is 32.2. The van der Waals surface area contributed by atoms with Crippen LogP contribution < -0.4 is 5.73 Å². The molecule has 104 valence electrons. The van der Waals surface area contributed by atoms with Gasteiger partial charge in [0.05, 0.1) is 5.75 Å². The van der Waals surface area contributed by atoms with Crippen LogP contribution in [0.3, 0.4) is 0 Å². The van der Waals surface area contributed by atoms with Gasteiger partial charge in [-0.2, -0.15) is 4.31 Å². The van der Waals surface area contributed by atoms with Crippen molar-refractivity contribution in [3.63, 3.8) is 0 Å². The Morgan fingerprint density at radius 1 is 1.37 bits per heavy atom. The number of benzene rings is 1. The van der Waals surface area contributed by atoms with E-state index in [4.69, 9.17) is 5.73 Å². The van der Waals surface area contributed by atoms with Gasteiger partial charge in [-0.3, -0.25) is 4.79 Å². The monoisotopic (exact) mass is 286 g/mol. The second kappa shape index (κ2) is 5.26. The molecule has 5 nitrogen and oxygen atoms in total. The molecule has 0 bridgehead atoms. The molecule has 7 heteroatoms. The molecule has 1 heterocycles. The summed E-state index contributed by atoms with van der Waals surface area (Å²) in [4.78, 5) is 11.2. The van der Waals surface area contributed by atoms with Crippen LogP contribution in [-0.4, -0.2) is 31.2 Å². The summed E-state index contributed by atoms with van der Waals surface area (Å²) in [7, 11) is -3.61. The van der Waals surface area contributed by atoms with Crippen molar-refractivity contribution in [3.8, 4) is 0 Å². The lowest BCUT2D eigenvalue weighted by atomic mass is 10.2. The molecule has 1 amide bonds. The zero-order valence-corrected chi connectivity index (χ0v) is 11.1. The maximum absolute atomic E-state index is 12.8. The molecule has 1 aromatic carbocycles. The SMILES string of the molecule is NC(=O)C1CCCN1S(=O)(=O)Cc1ccc(F)cc1. The number of halogens is 1. The number of nitrogens with two attached hydrogens (primary N) is 1. The average molecular weight is 286 g/mol. The van der Waals surface area contributed by atoms with Gasteiger partial charge in [0.15, 0.2) is 0 Å². The molecule has 0 radical (unpaired) electrons. The third-order valence-corrected chi connectivity index (χ3v) is 5.00. The number of primary amides is 1. The zero-order chi connectivity index (χ0) is 14.0. The third kappa shape index (κ3) is 3.10. The molecule has 1 atom stereocenters. The predicted molar refractivity (Wildman–Crippen MR) is 67.9 cm³/mol. The first-order chi connectivity index (χ1) is 8.90. The summed E-state index contributed by atoms with van der Waals surface area (Å²) in [6.07, 6.45) is 1.08. The molecule has 19 heavy (non-hydrogen) atoms. The Morgan fingerprint density at radius 3 is 2.58 bits per heavy atom. The molecular weight excluding hydrogens is 271 g/mol. The fourth-order valence-electron chi connectivity index (χ4n) is 2.23. The van der Waals surface area contributed by atoms with Crippen molar-refractivity contribution < 1.29 is 17.6 Å². The lowest BCUT2D eigenvalue weighted by Crippen LogP contribution is -2.44. The topological polar surface area (TPSA) is 80.5 Å². The average Bonchev–Trinajstić information content (AvgIpc) is 2.82. The molecule has 1 fully saturated rings. The van der Waals surface area contributed by atoms with Crippen molar-refractivity contribution >= 4 is 15.9 Å². The van der Waals surface area contributed by atoms with Gasteiger partial charge in [0, 0.05) is 6.54 Å². The molecule has 1 aromatic rings. The van der Waals surface area contributed by atoms with E-state index in [2.05, 4.69) is 0 Å². The van der Waals surface area contributed by atoms with Crippen LogP contribution in [0.1, 0.15) is 18.4 Å². The molecule has 1 aliphatic heterocycles. The van der Waals surface area contributed by atoms with Gasteiger partial charge in [-0.1, -0.05) is 12.1 Å². The van der Waals surface area contributed by atoms with E-state index in [0.29, 0.717) is 24.9 Å². The van der Waals surface area contributed by atoms with Gasteiger partial charge in [0.2, 0.25) is 15.9 Å². The van der Waals surface area contributed by atoms with E-state index >= 15 is 0 Å². The van der Waals surface area contributed by atoms with Crippen LogP contribution in [0, 0.1) is 5.82 Å². The first kappa shape index (κ1) is 14.0. The van der Waals surface area contributed by atoms with Crippen molar-refractivity contribution in [1.29, 1.82) is 0 Å². The number of hydrogen-bond acceptors (Lipinski definition) is 3. The Balaban J connectivity index is 2.18. The molecule has 1 saturated heterocycles. The minimum Gasteiger partial charge on any atom is -0.368 e. The van der Waals surface area contributed by atoms with Gasteiger partial charge in [-0.05, 0) is 30.5 Å². The van der Waals surface area contributed by atoms with Crippen molar-refractivity contribution in [2.75, 3.05) is 6.54 Å². The third-order valence-electron chi connectivity index (χ3n) is 3.15. The summed E-state index contributed by atoms with van der Waals surface area (Å²) in [6.45, 7) is 0.303. The Hall–Kier alpha value is -1.47. The standard InChI is InChI=1S/C12H15FN2O3S/c13-10-5-3-9(4-6-10)8-19(17,18)15-7-1-2-11(15)12(14)16/h3-6,11H,1-2,7-8H2,(H2,14,16). The molecule has 0 saturated carbocycles. The van der Waals surface area contributed by atoms with Gasteiger partial charge in [-0.25, -0.2) is 12.8 Å². The smallest absolute Gasteiger partial charge is 0.235 e. The molecule has 0 aromatic heterocycles. The lowest BCUT2D eigenvalue weighted by molar-refractivity contribution is -0.121. The van der Waals surface area contributed by atoms with E-state index < -0.39 is 27.8 Å². The highest BCUT2D eigenvalue weighted by molar-refractivity contribution is 7.88. The minimum atomic E-state index is -3.61. The van der Waals surface area contributed by atoms with Gasteiger partial charge < -0.3 is 5.73 Å². The van der Waals surface area contributed by atoms with Gasteiger partial charge in [0.1, 0.15) is 11.9 Å². The van der Waals surface area contributed by atoms with Crippen LogP contribution >= 0.6 is 0 Å². The maximum atomic E-state index is 12.8. The zero-order valence-electron chi connectivity index (χ0n) is 10.3. The molecule has 2 N–H and O–H groups in total. The number of carbonyl (C=O) groups excluding carboxylic acids is 1. The summed E-state index contributed by atoms with van der Waals surface area (Å²) in [5.74, 6) is -1.30. The largest absolute Gasteiger partial charge is 0.368 e. The number of carbonyl (C=O) groups is 1. The number of hydrogen-bond donors (Lipinski definition) is 1. The Kier molecular flexibility index (Phi) is 3.86. The molecule has 2 rings (SSSR count). The quantitative estimate of drug-likeness (QED) is 0.880. The van der Waals surface area contributed by atoms with Crippen molar-refractivity contribution in [1.82, 2.24) is 4.31 Å². The maximum Gasteiger partial charge on any atom is 0.235 e. The van der Waals surface area contributed by atoms with Crippen molar-refractivity contribution in [2.24, 2.45) is 5.73 Å².